The van der Waals surface area contributed by atoms with E-state index in [-0.39, 0.29) is 5.91 Å². The van der Waals surface area contributed by atoms with Gasteiger partial charge in [-0.1, -0.05) is 60.7 Å². The third-order valence-corrected chi connectivity index (χ3v) is 6.12. The molecular weight excluding hydrogens is 370 g/mol. The number of aromatic nitrogens is 1. The van der Waals surface area contributed by atoms with Crippen LogP contribution in [0.4, 0.5) is 0 Å². The number of hydrogen-bond donors (Lipinski definition) is 1. The third-order valence-electron chi connectivity index (χ3n) is 6.12. The molecule has 0 radical (unpaired) electrons. The minimum absolute atomic E-state index is 0.140. The smallest absolute Gasteiger partial charge is 0.227 e. The molecule has 1 aromatic heterocycles. The molecule has 4 heteroatoms. The van der Waals surface area contributed by atoms with Crippen LogP contribution in [0.15, 0.2) is 79.1 Å². The van der Waals surface area contributed by atoms with E-state index in [1.807, 2.05) is 18.3 Å². The van der Waals surface area contributed by atoms with E-state index in [4.69, 9.17) is 0 Å². The molecule has 1 atom stereocenters. The molecule has 1 aliphatic rings. The number of benzene rings is 2. The molecule has 2 heterocycles. The SMILES string of the molecule is CNC(=O)C1(Cc2ccccc2-c2ccccc2)CCCN(Cc2cccnc2)C1. The first-order chi connectivity index (χ1) is 14.7. The molecule has 1 unspecified atom stereocenters. The van der Waals surface area contributed by atoms with E-state index < -0.39 is 5.41 Å². The van der Waals surface area contributed by atoms with Crippen LogP contribution in [0.1, 0.15) is 24.0 Å². The maximum atomic E-state index is 13.2. The topological polar surface area (TPSA) is 45.2 Å². The Morgan fingerprint density at radius 3 is 2.63 bits per heavy atom. The lowest BCUT2D eigenvalue weighted by Gasteiger charge is -2.42. The van der Waals surface area contributed by atoms with Crippen molar-refractivity contribution in [2.24, 2.45) is 5.41 Å². The van der Waals surface area contributed by atoms with Crippen LogP contribution in [-0.2, 0) is 17.8 Å². The van der Waals surface area contributed by atoms with Gasteiger partial charge < -0.3 is 5.32 Å². The monoisotopic (exact) mass is 399 g/mol. The highest BCUT2D eigenvalue weighted by Crippen LogP contribution is 2.37. The third kappa shape index (κ3) is 4.44. The van der Waals surface area contributed by atoms with Gasteiger partial charge in [0.15, 0.2) is 0 Å². The van der Waals surface area contributed by atoms with Crippen LogP contribution in [0.3, 0.4) is 0 Å². The number of piperidine rings is 1. The van der Waals surface area contributed by atoms with Gasteiger partial charge in [-0.2, -0.15) is 0 Å². The Morgan fingerprint density at radius 1 is 1.07 bits per heavy atom. The van der Waals surface area contributed by atoms with Crippen LogP contribution in [0, 0.1) is 5.41 Å². The maximum Gasteiger partial charge on any atom is 0.227 e. The minimum Gasteiger partial charge on any atom is -0.359 e. The van der Waals surface area contributed by atoms with E-state index in [0.29, 0.717) is 0 Å². The molecule has 1 amide bonds. The second-order valence-electron chi connectivity index (χ2n) is 8.23. The van der Waals surface area contributed by atoms with Crippen LogP contribution in [0.5, 0.6) is 0 Å². The fraction of sp³-hybridized carbons (Fsp3) is 0.308. The summed E-state index contributed by atoms with van der Waals surface area (Å²) in [7, 11) is 1.76. The molecule has 0 saturated carbocycles. The number of amides is 1. The second-order valence-corrected chi connectivity index (χ2v) is 8.23. The van der Waals surface area contributed by atoms with Gasteiger partial charge in [0.05, 0.1) is 5.41 Å². The number of hydrogen-bond acceptors (Lipinski definition) is 3. The highest BCUT2D eigenvalue weighted by molar-refractivity contribution is 5.83. The van der Waals surface area contributed by atoms with E-state index in [9.17, 15) is 4.79 Å². The Morgan fingerprint density at radius 2 is 1.87 bits per heavy atom. The fourth-order valence-corrected chi connectivity index (χ4v) is 4.73. The first-order valence-electron chi connectivity index (χ1n) is 10.7. The van der Waals surface area contributed by atoms with Gasteiger partial charge in [0.2, 0.25) is 5.91 Å². The highest BCUT2D eigenvalue weighted by Gasteiger charge is 2.42. The lowest BCUT2D eigenvalue weighted by molar-refractivity contribution is -0.134. The number of carbonyl (C=O) groups excluding carboxylic acids is 1. The standard InChI is InChI=1S/C26H29N3O/c1-27-25(30)26(14-8-16-29(20-26)19-21-9-7-15-28-18-21)17-23-12-5-6-13-24(23)22-10-3-2-4-11-22/h2-7,9-13,15,18H,8,14,16-17,19-20H2,1H3,(H,27,30). The molecule has 1 saturated heterocycles. The number of pyridine rings is 1. The predicted molar refractivity (Wildman–Crippen MR) is 121 cm³/mol. The van der Waals surface area contributed by atoms with E-state index in [2.05, 4.69) is 69.8 Å². The number of nitrogens with zero attached hydrogens (tertiary/aromatic N) is 2. The van der Waals surface area contributed by atoms with Gasteiger partial charge in [-0.15, -0.1) is 0 Å². The zero-order chi connectivity index (χ0) is 20.8. The molecule has 30 heavy (non-hydrogen) atoms. The van der Waals surface area contributed by atoms with Crippen molar-refractivity contribution >= 4 is 5.91 Å². The van der Waals surface area contributed by atoms with Crippen LogP contribution >= 0.6 is 0 Å². The molecule has 154 valence electrons. The Labute approximate surface area is 179 Å². The van der Waals surface area contributed by atoms with Gasteiger partial charge in [-0.25, -0.2) is 0 Å². The van der Waals surface area contributed by atoms with E-state index in [1.54, 1.807) is 13.2 Å². The van der Waals surface area contributed by atoms with Crippen molar-refractivity contribution in [1.82, 2.24) is 15.2 Å². The number of carbonyl (C=O) groups is 1. The van der Waals surface area contributed by atoms with Crippen molar-refractivity contribution in [3.05, 3.63) is 90.3 Å². The molecular formula is C26H29N3O. The molecule has 0 aliphatic carbocycles. The average molecular weight is 400 g/mol. The predicted octanol–water partition coefficient (Wildman–Crippen LogP) is 4.32. The first-order valence-corrected chi connectivity index (χ1v) is 10.7. The van der Waals surface area contributed by atoms with Crippen LogP contribution in [-0.4, -0.2) is 35.9 Å². The molecule has 1 fully saturated rings. The quantitative estimate of drug-likeness (QED) is 0.671. The van der Waals surface area contributed by atoms with Gasteiger partial charge in [0, 0.05) is 32.5 Å². The largest absolute Gasteiger partial charge is 0.359 e. The molecule has 0 spiro atoms. The van der Waals surface area contributed by atoms with Gasteiger partial charge in [0.25, 0.3) is 0 Å². The Hall–Kier alpha value is -2.98. The fourth-order valence-electron chi connectivity index (χ4n) is 4.73. The van der Waals surface area contributed by atoms with Crippen LogP contribution in [0.2, 0.25) is 0 Å². The van der Waals surface area contributed by atoms with Gasteiger partial charge in [-0.3, -0.25) is 14.7 Å². The molecule has 3 aromatic rings. The van der Waals surface area contributed by atoms with Crippen molar-refractivity contribution in [3.8, 4) is 11.1 Å². The van der Waals surface area contributed by atoms with E-state index in [0.717, 1.165) is 38.9 Å². The Balaban J connectivity index is 1.63. The Bertz CT molecular complexity index is 974. The lowest BCUT2D eigenvalue weighted by Crippen LogP contribution is -2.52. The lowest BCUT2D eigenvalue weighted by atomic mass is 9.73. The van der Waals surface area contributed by atoms with Crippen molar-refractivity contribution in [2.75, 3.05) is 20.1 Å². The van der Waals surface area contributed by atoms with Gasteiger partial charge >= 0.3 is 0 Å². The summed E-state index contributed by atoms with van der Waals surface area (Å²) in [5.41, 5.74) is 4.40. The summed E-state index contributed by atoms with van der Waals surface area (Å²) in [6, 6.07) is 23.0. The molecule has 1 N–H and O–H groups in total. The minimum atomic E-state index is -0.430. The summed E-state index contributed by atoms with van der Waals surface area (Å²) in [4.78, 5) is 19.8. The molecule has 2 aromatic carbocycles. The summed E-state index contributed by atoms with van der Waals surface area (Å²) >= 11 is 0. The number of nitrogens with one attached hydrogen (secondary N) is 1. The second kappa shape index (κ2) is 9.23. The zero-order valence-corrected chi connectivity index (χ0v) is 17.6. The normalized spacial score (nSPS) is 19.4. The summed E-state index contributed by atoms with van der Waals surface area (Å²) < 4.78 is 0. The van der Waals surface area contributed by atoms with Crippen molar-refractivity contribution in [3.63, 3.8) is 0 Å². The zero-order valence-electron chi connectivity index (χ0n) is 17.6. The van der Waals surface area contributed by atoms with Gasteiger partial charge in [0.1, 0.15) is 0 Å². The number of rotatable bonds is 6. The average Bonchev–Trinajstić information content (AvgIpc) is 2.80. The first kappa shape index (κ1) is 20.3. The maximum absolute atomic E-state index is 13.2. The highest BCUT2D eigenvalue weighted by atomic mass is 16.2. The van der Waals surface area contributed by atoms with Crippen molar-refractivity contribution in [1.29, 1.82) is 0 Å². The van der Waals surface area contributed by atoms with E-state index >= 15 is 0 Å². The summed E-state index contributed by atoms with van der Waals surface area (Å²) in [5, 5.41) is 2.96. The summed E-state index contributed by atoms with van der Waals surface area (Å²) in [5.74, 6) is 0.140. The van der Waals surface area contributed by atoms with Crippen LogP contribution < -0.4 is 5.32 Å². The molecule has 4 nitrogen and oxygen atoms in total. The summed E-state index contributed by atoms with van der Waals surface area (Å²) in [6.45, 7) is 2.59. The van der Waals surface area contributed by atoms with E-state index in [1.165, 1.54) is 22.3 Å². The number of likely N-dealkylation sites (tertiary alicyclic amines) is 1. The Kier molecular flexibility index (Phi) is 6.24. The van der Waals surface area contributed by atoms with Crippen LogP contribution in [0.25, 0.3) is 11.1 Å². The van der Waals surface area contributed by atoms with Crippen molar-refractivity contribution in [2.45, 2.75) is 25.8 Å². The van der Waals surface area contributed by atoms with Crippen molar-refractivity contribution < 1.29 is 4.79 Å². The van der Waals surface area contributed by atoms with Gasteiger partial charge in [-0.05, 0) is 54.1 Å². The summed E-state index contributed by atoms with van der Waals surface area (Å²) in [6.07, 6.45) is 6.37. The molecule has 1 aliphatic heterocycles. The molecule has 4 rings (SSSR count). The molecule has 0 bridgehead atoms.